The molecule has 0 fully saturated rings. The number of aromatic hydroxyl groups is 3. The van der Waals surface area contributed by atoms with Gasteiger partial charge in [0.2, 0.25) is 0 Å². The summed E-state index contributed by atoms with van der Waals surface area (Å²) in [7, 11) is 1.46. The van der Waals surface area contributed by atoms with E-state index in [1.807, 2.05) is 6.07 Å². The first-order valence-electron chi connectivity index (χ1n) is 8.55. The molecule has 7 nitrogen and oxygen atoms in total. The van der Waals surface area contributed by atoms with Crippen LogP contribution in [-0.4, -0.2) is 28.3 Å². The van der Waals surface area contributed by atoms with Gasteiger partial charge in [-0.15, -0.1) is 0 Å². The number of benzene rings is 2. The van der Waals surface area contributed by atoms with Crippen molar-refractivity contribution in [2.45, 2.75) is 6.54 Å². The van der Waals surface area contributed by atoms with Gasteiger partial charge in [0, 0.05) is 6.54 Å². The second-order valence-corrected chi connectivity index (χ2v) is 5.87. The van der Waals surface area contributed by atoms with Crippen LogP contribution in [0.5, 0.6) is 23.0 Å². The first-order chi connectivity index (χ1) is 13.9. The Morgan fingerprint density at radius 2 is 1.83 bits per heavy atom. The summed E-state index contributed by atoms with van der Waals surface area (Å²) in [6, 6.07) is 10.9. The smallest absolute Gasteiger partial charge is 0.262 e. The summed E-state index contributed by atoms with van der Waals surface area (Å²) in [5, 5.41) is 40.0. The zero-order valence-corrected chi connectivity index (χ0v) is 15.7. The minimum absolute atomic E-state index is 0.0512. The van der Waals surface area contributed by atoms with Crippen molar-refractivity contribution in [3.63, 3.8) is 0 Å². The molecule has 4 N–H and O–H groups in total. The number of nitrogens with one attached hydrogen (secondary N) is 1. The van der Waals surface area contributed by atoms with Crippen LogP contribution in [0.25, 0.3) is 6.08 Å². The van der Waals surface area contributed by atoms with Crippen LogP contribution in [-0.2, 0) is 11.3 Å². The molecule has 1 amide bonds. The second-order valence-electron chi connectivity index (χ2n) is 5.87. The fourth-order valence-corrected chi connectivity index (χ4v) is 2.30. The lowest BCUT2D eigenvalue weighted by atomic mass is 10.1. The molecule has 0 atom stereocenters. The maximum absolute atomic E-state index is 12.1. The van der Waals surface area contributed by atoms with Gasteiger partial charge in [-0.2, -0.15) is 5.26 Å². The minimum atomic E-state index is -0.558. The highest BCUT2D eigenvalue weighted by atomic mass is 16.5. The SMILES string of the molecule is COc1cc(/C=C/C=C/C=C(\C#N)C(=O)NCc2ccc(O)c(O)c2)ccc1O. The zero-order chi connectivity index (χ0) is 21.2. The van der Waals surface area contributed by atoms with E-state index in [0.29, 0.717) is 11.3 Å². The molecule has 0 aromatic heterocycles. The van der Waals surface area contributed by atoms with Gasteiger partial charge in [0.25, 0.3) is 5.91 Å². The van der Waals surface area contributed by atoms with Gasteiger partial charge >= 0.3 is 0 Å². The van der Waals surface area contributed by atoms with Crippen molar-refractivity contribution in [1.82, 2.24) is 5.32 Å². The molecule has 0 heterocycles. The van der Waals surface area contributed by atoms with Gasteiger partial charge in [-0.1, -0.05) is 36.4 Å². The number of nitriles is 1. The van der Waals surface area contributed by atoms with Gasteiger partial charge < -0.3 is 25.4 Å². The monoisotopic (exact) mass is 392 g/mol. The fraction of sp³-hybridized carbons (Fsp3) is 0.0909. The topological polar surface area (TPSA) is 123 Å². The van der Waals surface area contributed by atoms with Crippen molar-refractivity contribution in [2.75, 3.05) is 7.11 Å². The third kappa shape index (κ3) is 6.19. The standard InChI is InChI=1S/C22H20N2O5/c1-29-21-12-15(7-10-19(21)26)5-3-2-4-6-17(13-23)22(28)24-14-16-8-9-18(25)20(27)11-16/h2-12,25-27H,14H2,1H3,(H,24,28)/b4-2+,5-3+,17-6+. The van der Waals surface area contributed by atoms with Crippen LogP contribution in [0.4, 0.5) is 0 Å². The average Bonchev–Trinajstić information content (AvgIpc) is 2.72. The fourth-order valence-electron chi connectivity index (χ4n) is 2.30. The second kappa shape index (κ2) is 10.2. The molecule has 0 saturated heterocycles. The third-order valence-corrected chi connectivity index (χ3v) is 3.84. The Morgan fingerprint density at radius 1 is 1.07 bits per heavy atom. The van der Waals surface area contributed by atoms with Gasteiger partial charge in [-0.05, 0) is 41.5 Å². The lowest BCUT2D eigenvalue weighted by Crippen LogP contribution is -2.23. The number of carbonyl (C=O) groups is 1. The van der Waals surface area contributed by atoms with E-state index in [0.717, 1.165) is 5.56 Å². The normalized spacial score (nSPS) is 11.5. The van der Waals surface area contributed by atoms with E-state index < -0.39 is 5.91 Å². The highest BCUT2D eigenvalue weighted by molar-refractivity contribution is 5.97. The molecular weight excluding hydrogens is 372 g/mol. The molecule has 0 aliphatic carbocycles. The van der Waals surface area contributed by atoms with Crippen LogP contribution in [0.1, 0.15) is 11.1 Å². The van der Waals surface area contributed by atoms with E-state index in [9.17, 15) is 20.1 Å². The first kappa shape index (κ1) is 21.1. The van der Waals surface area contributed by atoms with Gasteiger partial charge in [0.15, 0.2) is 23.0 Å². The van der Waals surface area contributed by atoms with Crippen molar-refractivity contribution in [3.05, 3.63) is 77.4 Å². The predicted octanol–water partition coefficient (Wildman–Crippen LogP) is 3.15. The van der Waals surface area contributed by atoms with E-state index in [-0.39, 0.29) is 29.4 Å². The van der Waals surface area contributed by atoms with Gasteiger partial charge in [-0.25, -0.2) is 0 Å². The number of amides is 1. The number of rotatable bonds is 7. The van der Waals surface area contributed by atoms with E-state index in [1.54, 1.807) is 42.5 Å². The van der Waals surface area contributed by atoms with Crippen LogP contribution < -0.4 is 10.1 Å². The number of methoxy groups -OCH3 is 1. The molecule has 0 radical (unpaired) electrons. The number of carbonyl (C=O) groups excluding carboxylic acids is 1. The highest BCUT2D eigenvalue weighted by Crippen LogP contribution is 2.27. The largest absolute Gasteiger partial charge is 0.504 e. The summed E-state index contributed by atoms with van der Waals surface area (Å²) < 4.78 is 5.03. The Hall–Kier alpha value is -4.18. The number of hydrogen-bond acceptors (Lipinski definition) is 6. The van der Waals surface area contributed by atoms with Crippen molar-refractivity contribution < 1.29 is 24.9 Å². The van der Waals surface area contributed by atoms with Crippen molar-refractivity contribution >= 4 is 12.0 Å². The number of nitrogens with zero attached hydrogens (tertiary/aromatic N) is 1. The lowest BCUT2D eigenvalue weighted by Gasteiger charge is -2.05. The number of phenols is 3. The molecule has 2 aromatic rings. The summed E-state index contributed by atoms with van der Waals surface area (Å²) in [5.74, 6) is -0.677. The van der Waals surface area contributed by atoms with Crippen LogP contribution >= 0.6 is 0 Å². The lowest BCUT2D eigenvalue weighted by molar-refractivity contribution is -0.117. The van der Waals surface area contributed by atoms with Gasteiger partial charge in [0.1, 0.15) is 11.6 Å². The molecule has 0 unspecified atom stereocenters. The quantitative estimate of drug-likeness (QED) is 0.248. The molecule has 0 spiro atoms. The minimum Gasteiger partial charge on any atom is -0.504 e. The van der Waals surface area contributed by atoms with E-state index in [4.69, 9.17) is 10.00 Å². The summed E-state index contributed by atoms with van der Waals surface area (Å²) in [6.45, 7) is 0.0952. The Morgan fingerprint density at radius 3 is 2.52 bits per heavy atom. The van der Waals surface area contributed by atoms with Gasteiger partial charge in [-0.3, -0.25) is 4.79 Å². The molecule has 0 saturated carbocycles. The molecule has 29 heavy (non-hydrogen) atoms. The number of hydrogen-bond donors (Lipinski definition) is 4. The molecule has 0 aliphatic heterocycles. The summed E-state index contributed by atoms with van der Waals surface area (Å²) in [6.07, 6.45) is 8.08. The maximum Gasteiger partial charge on any atom is 0.262 e. The van der Waals surface area contributed by atoms with E-state index in [1.165, 1.54) is 31.4 Å². The van der Waals surface area contributed by atoms with Crippen molar-refractivity contribution in [3.8, 4) is 29.1 Å². The van der Waals surface area contributed by atoms with Crippen LogP contribution in [0.2, 0.25) is 0 Å². The third-order valence-electron chi connectivity index (χ3n) is 3.84. The van der Waals surface area contributed by atoms with E-state index in [2.05, 4.69) is 5.32 Å². The number of allylic oxidation sites excluding steroid dienone is 4. The average molecular weight is 392 g/mol. The Bertz CT molecular complexity index is 1020. The van der Waals surface area contributed by atoms with Crippen LogP contribution in [0, 0.1) is 11.3 Å². The van der Waals surface area contributed by atoms with E-state index >= 15 is 0 Å². The summed E-state index contributed by atoms with van der Waals surface area (Å²) in [5.41, 5.74) is 1.31. The summed E-state index contributed by atoms with van der Waals surface area (Å²) in [4.78, 5) is 12.1. The molecular formula is C22H20N2O5. The maximum atomic E-state index is 12.1. The van der Waals surface area contributed by atoms with Gasteiger partial charge in [0.05, 0.1) is 7.11 Å². The van der Waals surface area contributed by atoms with Crippen molar-refractivity contribution in [2.24, 2.45) is 0 Å². The molecule has 2 aromatic carbocycles. The first-order valence-corrected chi connectivity index (χ1v) is 8.55. The molecule has 7 heteroatoms. The zero-order valence-electron chi connectivity index (χ0n) is 15.7. The molecule has 0 bridgehead atoms. The van der Waals surface area contributed by atoms with Crippen LogP contribution in [0.15, 0.2) is 66.3 Å². The van der Waals surface area contributed by atoms with Crippen molar-refractivity contribution in [1.29, 1.82) is 5.26 Å². The molecule has 0 aliphatic rings. The Balaban J connectivity index is 1.95. The number of ether oxygens (including phenoxy) is 1. The predicted molar refractivity (Wildman–Crippen MR) is 108 cm³/mol. The van der Waals surface area contributed by atoms with Crippen LogP contribution in [0.3, 0.4) is 0 Å². The molecule has 2 rings (SSSR count). The Kier molecular flexibility index (Phi) is 7.45. The number of phenolic OH excluding ortho intramolecular Hbond substituents is 3. The highest BCUT2D eigenvalue weighted by Gasteiger charge is 2.08. The Labute approximate surface area is 168 Å². The molecule has 148 valence electrons. The summed E-state index contributed by atoms with van der Waals surface area (Å²) >= 11 is 0.